The Kier molecular flexibility index (Phi) is 4.30. The van der Waals surface area contributed by atoms with Gasteiger partial charge in [0.15, 0.2) is 11.9 Å². The van der Waals surface area contributed by atoms with Crippen LogP contribution in [0.5, 0.6) is 0 Å². The molecular weight excluding hydrogens is 336 g/mol. The number of aliphatic hydroxyl groups excluding tert-OH is 3. The maximum atomic E-state index is 11.5. The van der Waals surface area contributed by atoms with Gasteiger partial charge < -0.3 is 36.2 Å². The zero-order valence-electron chi connectivity index (χ0n) is 13.1. The van der Waals surface area contributed by atoms with Gasteiger partial charge in [-0.05, 0) is 0 Å². The molecule has 1 aliphatic rings. The molecule has 1 fully saturated rings. The number of fused-ring (bicyclic) bond motifs is 1. The van der Waals surface area contributed by atoms with E-state index in [0.717, 1.165) is 6.92 Å². The third-order valence-corrected chi connectivity index (χ3v) is 3.98. The van der Waals surface area contributed by atoms with Crippen LogP contribution < -0.4 is 11.1 Å². The van der Waals surface area contributed by atoms with E-state index in [0.29, 0.717) is 5.52 Å². The number of rotatable bonds is 3. The minimum Gasteiger partial charge on any atom is -0.394 e. The van der Waals surface area contributed by atoms with Gasteiger partial charge in [0, 0.05) is 6.92 Å². The van der Waals surface area contributed by atoms with Gasteiger partial charge in [-0.3, -0.25) is 9.36 Å². The standard InChI is InChI=1S/C13H18N6O6/c1-5(21)18-13(24)9(23)8(22)7(3-20)25-11(13)19-4-16-6-2-15-12(14)17-10(6)19/h2,4,7-9,11,20,22-24H,3H2,1H3,(H,18,21)(H2,14,15,17)/t7-,8-,9+,11-,13-/m0/s1. The van der Waals surface area contributed by atoms with Crippen LogP contribution in [0.3, 0.4) is 0 Å². The van der Waals surface area contributed by atoms with Gasteiger partial charge in [0.2, 0.25) is 17.6 Å². The number of carbonyl (C=O) groups excluding carboxylic acids is 1. The first kappa shape index (κ1) is 17.4. The first-order valence-electron chi connectivity index (χ1n) is 7.36. The van der Waals surface area contributed by atoms with Crippen molar-refractivity contribution in [2.24, 2.45) is 0 Å². The van der Waals surface area contributed by atoms with Crippen molar-refractivity contribution in [3.63, 3.8) is 0 Å². The van der Waals surface area contributed by atoms with Crippen LogP contribution in [0.15, 0.2) is 12.5 Å². The van der Waals surface area contributed by atoms with E-state index in [-0.39, 0.29) is 11.6 Å². The molecule has 1 saturated heterocycles. The SMILES string of the molecule is CC(=O)N[C@]1(O)[C@H](O)[C@@H](O)[C@H](CO)O[C@@H]1n1cnc2cnc(N)nc21. The minimum absolute atomic E-state index is 0.0626. The van der Waals surface area contributed by atoms with Crippen LogP contribution in [-0.4, -0.2) is 76.5 Å². The highest BCUT2D eigenvalue weighted by Crippen LogP contribution is 2.36. The summed E-state index contributed by atoms with van der Waals surface area (Å²) in [5, 5.41) is 42.8. The summed E-state index contributed by atoms with van der Waals surface area (Å²) < 4.78 is 6.75. The summed E-state index contributed by atoms with van der Waals surface area (Å²) in [6.07, 6.45) is -3.58. The molecule has 2 aromatic heterocycles. The highest BCUT2D eigenvalue weighted by molar-refractivity contribution is 5.74. The molecule has 0 aromatic carbocycles. The summed E-state index contributed by atoms with van der Waals surface area (Å²) in [6, 6.07) is 0. The molecule has 12 nitrogen and oxygen atoms in total. The van der Waals surface area contributed by atoms with Crippen LogP contribution in [0.2, 0.25) is 0 Å². The summed E-state index contributed by atoms with van der Waals surface area (Å²) in [4.78, 5) is 23.4. The first-order valence-corrected chi connectivity index (χ1v) is 7.36. The van der Waals surface area contributed by atoms with Crippen molar-refractivity contribution in [3.05, 3.63) is 12.5 Å². The molecule has 3 rings (SSSR count). The number of hydrogen-bond acceptors (Lipinski definition) is 10. The lowest BCUT2D eigenvalue weighted by atomic mass is 9.92. The topological polar surface area (TPSA) is 189 Å². The first-order chi connectivity index (χ1) is 11.8. The quantitative estimate of drug-likeness (QED) is 0.307. The molecule has 0 spiro atoms. The molecule has 0 bridgehead atoms. The lowest BCUT2D eigenvalue weighted by Crippen LogP contribution is -2.70. The molecule has 7 N–H and O–H groups in total. The molecule has 136 valence electrons. The monoisotopic (exact) mass is 354 g/mol. The summed E-state index contributed by atoms with van der Waals surface area (Å²) in [5.41, 5.74) is 3.65. The Bertz CT molecular complexity index is 798. The number of nitrogen functional groups attached to an aromatic ring is 1. The predicted molar refractivity (Wildman–Crippen MR) is 81.5 cm³/mol. The van der Waals surface area contributed by atoms with Crippen LogP contribution in [0, 0.1) is 0 Å². The van der Waals surface area contributed by atoms with E-state index < -0.39 is 42.8 Å². The smallest absolute Gasteiger partial charge is 0.222 e. The second-order valence-corrected chi connectivity index (χ2v) is 5.74. The van der Waals surface area contributed by atoms with Gasteiger partial charge >= 0.3 is 0 Å². The normalized spacial score (nSPS) is 32.7. The van der Waals surface area contributed by atoms with E-state index in [9.17, 15) is 25.2 Å². The number of imidazole rings is 1. The van der Waals surface area contributed by atoms with Crippen LogP contribution in [0.25, 0.3) is 11.2 Å². The molecule has 25 heavy (non-hydrogen) atoms. The number of nitrogens with one attached hydrogen (secondary N) is 1. The minimum atomic E-state index is -2.41. The van der Waals surface area contributed by atoms with Crippen molar-refractivity contribution in [2.45, 2.75) is 37.2 Å². The van der Waals surface area contributed by atoms with Gasteiger partial charge in [-0.15, -0.1) is 0 Å². The maximum Gasteiger partial charge on any atom is 0.222 e. The summed E-state index contributed by atoms with van der Waals surface area (Å²) in [5.74, 6) is -0.740. The third-order valence-electron chi connectivity index (χ3n) is 3.98. The molecule has 0 unspecified atom stereocenters. The van der Waals surface area contributed by atoms with Gasteiger partial charge in [0.25, 0.3) is 0 Å². The Morgan fingerprint density at radius 3 is 2.84 bits per heavy atom. The predicted octanol–water partition coefficient (Wildman–Crippen LogP) is -3.16. The molecule has 12 heteroatoms. The highest BCUT2D eigenvalue weighted by Gasteiger charge is 2.56. The van der Waals surface area contributed by atoms with Crippen molar-refractivity contribution in [1.82, 2.24) is 24.8 Å². The number of anilines is 1. The van der Waals surface area contributed by atoms with Gasteiger partial charge in [-0.1, -0.05) is 0 Å². The molecule has 1 aliphatic heterocycles. The zero-order valence-corrected chi connectivity index (χ0v) is 13.1. The summed E-state index contributed by atoms with van der Waals surface area (Å²) in [7, 11) is 0. The van der Waals surface area contributed by atoms with Crippen LogP contribution >= 0.6 is 0 Å². The summed E-state index contributed by atoms with van der Waals surface area (Å²) >= 11 is 0. The van der Waals surface area contributed by atoms with Crippen LogP contribution in [0.4, 0.5) is 5.95 Å². The second kappa shape index (κ2) is 6.16. The number of aliphatic hydroxyl groups is 4. The number of aromatic nitrogens is 4. The Morgan fingerprint density at radius 2 is 2.20 bits per heavy atom. The number of amides is 1. The maximum absolute atomic E-state index is 11.5. The highest BCUT2D eigenvalue weighted by atomic mass is 16.6. The van der Waals surface area contributed by atoms with Crippen LogP contribution in [-0.2, 0) is 9.53 Å². The largest absolute Gasteiger partial charge is 0.394 e. The van der Waals surface area contributed by atoms with Crippen molar-refractivity contribution in [2.75, 3.05) is 12.3 Å². The molecule has 5 atom stereocenters. The van der Waals surface area contributed by atoms with Gasteiger partial charge in [-0.2, -0.15) is 4.98 Å². The average molecular weight is 354 g/mol. The Hall–Kier alpha value is -2.38. The zero-order chi connectivity index (χ0) is 18.4. The molecule has 3 heterocycles. The Balaban J connectivity index is 2.14. The Morgan fingerprint density at radius 1 is 1.48 bits per heavy atom. The van der Waals surface area contributed by atoms with E-state index in [4.69, 9.17) is 10.5 Å². The summed E-state index contributed by atoms with van der Waals surface area (Å²) in [6.45, 7) is 0.493. The van der Waals surface area contributed by atoms with E-state index in [1.807, 2.05) is 0 Å². The number of nitrogens with two attached hydrogens (primary N) is 1. The fraction of sp³-hybridized carbons (Fsp3) is 0.538. The molecule has 1 amide bonds. The van der Waals surface area contributed by atoms with Gasteiger partial charge in [-0.25, -0.2) is 9.97 Å². The number of hydrogen-bond donors (Lipinski definition) is 6. The van der Waals surface area contributed by atoms with E-state index in [1.165, 1.54) is 17.1 Å². The second-order valence-electron chi connectivity index (χ2n) is 5.74. The van der Waals surface area contributed by atoms with Gasteiger partial charge in [0.1, 0.15) is 23.8 Å². The van der Waals surface area contributed by atoms with Crippen molar-refractivity contribution in [1.29, 1.82) is 0 Å². The molecular formula is C13H18N6O6. The number of ether oxygens (including phenoxy) is 1. The Labute approximate surface area is 140 Å². The van der Waals surface area contributed by atoms with Gasteiger partial charge in [0.05, 0.1) is 19.1 Å². The van der Waals surface area contributed by atoms with E-state index in [1.54, 1.807) is 0 Å². The number of carbonyl (C=O) groups is 1. The van der Waals surface area contributed by atoms with E-state index in [2.05, 4.69) is 20.3 Å². The lowest BCUT2D eigenvalue weighted by Gasteiger charge is -2.48. The van der Waals surface area contributed by atoms with Crippen molar-refractivity contribution >= 4 is 23.0 Å². The molecule has 0 aliphatic carbocycles. The molecule has 0 saturated carbocycles. The van der Waals surface area contributed by atoms with Crippen molar-refractivity contribution in [3.8, 4) is 0 Å². The average Bonchev–Trinajstić information content (AvgIpc) is 2.95. The van der Waals surface area contributed by atoms with E-state index >= 15 is 0 Å². The molecule has 2 aromatic rings. The number of nitrogens with zero attached hydrogens (tertiary/aromatic N) is 4. The van der Waals surface area contributed by atoms with Crippen molar-refractivity contribution < 1.29 is 30.0 Å². The fourth-order valence-electron chi connectivity index (χ4n) is 2.82. The molecule has 0 radical (unpaired) electrons. The fourth-order valence-corrected chi connectivity index (χ4v) is 2.82. The van der Waals surface area contributed by atoms with Crippen LogP contribution in [0.1, 0.15) is 13.2 Å². The lowest BCUT2D eigenvalue weighted by molar-refractivity contribution is -0.304. The third kappa shape index (κ3) is 2.79.